The van der Waals surface area contributed by atoms with E-state index in [0.29, 0.717) is 12.4 Å². The topological polar surface area (TPSA) is 61.0 Å². The summed E-state index contributed by atoms with van der Waals surface area (Å²) in [4.78, 5) is 8.61. The average molecular weight is 257 g/mol. The van der Waals surface area contributed by atoms with Gasteiger partial charge < -0.3 is 10.5 Å². The lowest BCUT2D eigenvalue weighted by atomic mass is 10.1. The molecule has 1 aromatic heterocycles. The van der Waals surface area contributed by atoms with Crippen LogP contribution in [0.1, 0.15) is 24.0 Å². The molecule has 0 saturated carbocycles. The first-order valence-electron chi connectivity index (χ1n) is 6.52. The molecule has 0 saturated heterocycles. The van der Waals surface area contributed by atoms with Crippen molar-refractivity contribution in [3.05, 3.63) is 47.4 Å². The van der Waals surface area contributed by atoms with E-state index in [1.807, 2.05) is 37.3 Å². The molecular formula is C15H19N3O. The van der Waals surface area contributed by atoms with Gasteiger partial charge in [0, 0.05) is 11.8 Å². The number of nitrogens with two attached hydrogens (primary N) is 1. The molecule has 1 aromatic carbocycles. The number of aromatic nitrogens is 2. The van der Waals surface area contributed by atoms with E-state index in [-0.39, 0.29) is 0 Å². The van der Waals surface area contributed by atoms with Crippen LogP contribution in [0.15, 0.2) is 30.3 Å². The van der Waals surface area contributed by atoms with E-state index in [2.05, 4.69) is 16.9 Å². The molecule has 0 fully saturated rings. The molecule has 2 rings (SSSR count). The van der Waals surface area contributed by atoms with Gasteiger partial charge in [-0.3, -0.25) is 0 Å². The zero-order valence-electron chi connectivity index (χ0n) is 11.4. The second kappa shape index (κ2) is 6.29. The Balaban J connectivity index is 2.14. The average Bonchev–Trinajstić information content (AvgIpc) is 2.40. The number of rotatable bonds is 5. The van der Waals surface area contributed by atoms with Crippen molar-refractivity contribution in [1.82, 2.24) is 9.97 Å². The van der Waals surface area contributed by atoms with E-state index in [1.54, 1.807) is 0 Å². The highest BCUT2D eigenvalue weighted by Crippen LogP contribution is 2.20. The summed E-state index contributed by atoms with van der Waals surface area (Å²) in [6.45, 7) is 4.59. The van der Waals surface area contributed by atoms with Gasteiger partial charge in [0.1, 0.15) is 11.6 Å². The van der Waals surface area contributed by atoms with Gasteiger partial charge in [-0.2, -0.15) is 4.98 Å². The van der Waals surface area contributed by atoms with E-state index in [0.717, 1.165) is 30.1 Å². The summed E-state index contributed by atoms with van der Waals surface area (Å²) in [7, 11) is 0. The van der Waals surface area contributed by atoms with Crippen LogP contribution >= 0.6 is 0 Å². The molecule has 100 valence electrons. The molecule has 0 spiro atoms. The van der Waals surface area contributed by atoms with Gasteiger partial charge in [-0.1, -0.05) is 19.1 Å². The first-order chi connectivity index (χ1) is 9.21. The van der Waals surface area contributed by atoms with Gasteiger partial charge in [0.15, 0.2) is 0 Å². The molecule has 0 aliphatic rings. The van der Waals surface area contributed by atoms with Crippen LogP contribution in [0.25, 0.3) is 0 Å². The van der Waals surface area contributed by atoms with E-state index >= 15 is 0 Å². The summed E-state index contributed by atoms with van der Waals surface area (Å²) >= 11 is 0. The largest absolute Gasteiger partial charge is 0.439 e. The fraction of sp³-hybridized carbons (Fsp3) is 0.333. The first kappa shape index (κ1) is 13.5. The van der Waals surface area contributed by atoms with Crippen molar-refractivity contribution >= 4 is 0 Å². The summed E-state index contributed by atoms with van der Waals surface area (Å²) in [6.07, 6.45) is 1.75. The molecule has 0 radical (unpaired) electrons. The van der Waals surface area contributed by atoms with Crippen molar-refractivity contribution in [2.45, 2.75) is 26.7 Å². The number of benzene rings is 1. The van der Waals surface area contributed by atoms with Crippen LogP contribution < -0.4 is 10.5 Å². The summed E-state index contributed by atoms with van der Waals surface area (Å²) in [5.41, 5.74) is 7.72. The summed E-state index contributed by atoms with van der Waals surface area (Å²) in [5, 5.41) is 0. The summed E-state index contributed by atoms with van der Waals surface area (Å²) < 4.78 is 5.75. The zero-order valence-corrected chi connectivity index (χ0v) is 11.4. The molecule has 2 aromatic rings. The number of ether oxygens (including phenoxy) is 1. The smallest absolute Gasteiger partial charge is 0.222 e. The lowest BCUT2D eigenvalue weighted by Crippen LogP contribution is -2.02. The van der Waals surface area contributed by atoms with Crippen molar-refractivity contribution in [1.29, 1.82) is 0 Å². The van der Waals surface area contributed by atoms with E-state index < -0.39 is 0 Å². The van der Waals surface area contributed by atoms with Crippen LogP contribution in [0.4, 0.5) is 0 Å². The van der Waals surface area contributed by atoms with Crippen LogP contribution in [0.5, 0.6) is 11.6 Å². The Bertz CT molecular complexity index is 538. The quantitative estimate of drug-likeness (QED) is 0.894. The normalized spacial score (nSPS) is 10.5. The van der Waals surface area contributed by atoms with Gasteiger partial charge in [0.2, 0.25) is 5.88 Å². The van der Waals surface area contributed by atoms with Gasteiger partial charge >= 0.3 is 0 Å². The predicted octanol–water partition coefficient (Wildman–Crippen LogP) is 2.64. The van der Waals surface area contributed by atoms with Crippen LogP contribution in [-0.2, 0) is 12.8 Å². The van der Waals surface area contributed by atoms with E-state index in [9.17, 15) is 0 Å². The standard InChI is InChI=1S/C15H19N3O/c1-3-13-10-15(18-11(2)17-13)19-14-6-4-12(5-7-14)8-9-16/h4-7,10H,3,8-9,16H2,1-2H3. The van der Waals surface area contributed by atoms with Crippen molar-refractivity contribution in [3.8, 4) is 11.6 Å². The van der Waals surface area contributed by atoms with Crippen molar-refractivity contribution in [3.63, 3.8) is 0 Å². The number of nitrogens with zero attached hydrogens (tertiary/aromatic N) is 2. The maximum atomic E-state index is 5.75. The number of hydrogen-bond acceptors (Lipinski definition) is 4. The van der Waals surface area contributed by atoms with E-state index in [1.165, 1.54) is 5.56 Å². The molecule has 0 unspecified atom stereocenters. The molecule has 0 aliphatic heterocycles. The van der Waals surface area contributed by atoms with Crippen molar-refractivity contribution in [2.24, 2.45) is 5.73 Å². The molecule has 0 atom stereocenters. The SMILES string of the molecule is CCc1cc(Oc2ccc(CCN)cc2)nc(C)n1. The third-order valence-electron chi connectivity index (χ3n) is 2.81. The van der Waals surface area contributed by atoms with Crippen LogP contribution in [0, 0.1) is 6.92 Å². The molecule has 0 amide bonds. The minimum Gasteiger partial charge on any atom is -0.439 e. The summed E-state index contributed by atoms with van der Waals surface area (Å²) in [6, 6.07) is 9.80. The Labute approximate surface area is 113 Å². The third-order valence-corrected chi connectivity index (χ3v) is 2.81. The molecule has 4 heteroatoms. The van der Waals surface area contributed by atoms with Gasteiger partial charge in [0.05, 0.1) is 0 Å². The highest BCUT2D eigenvalue weighted by Gasteiger charge is 2.03. The van der Waals surface area contributed by atoms with Crippen LogP contribution in [-0.4, -0.2) is 16.5 Å². The number of hydrogen-bond donors (Lipinski definition) is 1. The zero-order chi connectivity index (χ0) is 13.7. The molecule has 0 bridgehead atoms. The van der Waals surface area contributed by atoms with Crippen LogP contribution in [0.3, 0.4) is 0 Å². The van der Waals surface area contributed by atoms with Crippen molar-refractivity contribution in [2.75, 3.05) is 6.54 Å². The molecule has 19 heavy (non-hydrogen) atoms. The maximum absolute atomic E-state index is 5.75. The maximum Gasteiger partial charge on any atom is 0.222 e. The summed E-state index contributed by atoms with van der Waals surface area (Å²) in [5.74, 6) is 2.10. The third kappa shape index (κ3) is 3.76. The van der Waals surface area contributed by atoms with Gasteiger partial charge in [-0.25, -0.2) is 4.98 Å². The molecule has 1 heterocycles. The minimum absolute atomic E-state index is 0.593. The van der Waals surface area contributed by atoms with E-state index in [4.69, 9.17) is 10.5 Å². The van der Waals surface area contributed by atoms with Gasteiger partial charge in [-0.05, 0) is 44.0 Å². The Morgan fingerprint density at radius 3 is 2.53 bits per heavy atom. The Kier molecular flexibility index (Phi) is 4.47. The minimum atomic E-state index is 0.593. The van der Waals surface area contributed by atoms with Crippen molar-refractivity contribution < 1.29 is 4.74 Å². The fourth-order valence-corrected chi connectivity index (χ4v) is 1.84. The second-order valence-electron chi connectivity index (χ2n) is 4.38. The first-order valence-corrected chi connectivity index (χ1v) is 6.52. The molecular weight excluding hydrogens is 238 g/mol. The second-order valence-corrected chi connectivity index (χ2v) is 4.38. The van der Waals surface area contributed by atoms with Crippen LogP contribution in [0.2, 0.25) is 0 Å². The van der Waals surface area contributed by atoms with Gasteiger partial charge in [0.25, 0.3) is 0 Å². The fourth-order valence-electron chi connectivity index (χ4n) is 1.84. The Morgan fingerprint density at radius 1 is 1.16 bits per heavy atom. The molecule has 0 aliphatic carbocycles. The Hall–Kier alpha value is -1.94. The molecule has 2 N–H and O–H groups in total. The monoisotopic (exact) mass is 257 g/mol. The van der Waals surface area contributed by atoms with Gasteiger partial charge in [-0.15, -0.1) is 0 Å². The predicted molar refractivity (Wildman–Crippen MR) is 75.4 cm³/mol. The number of aryl methyl sites for hydroxylation is 2. The Morgan fingerprint density at radius 2 is 1.89 bits per heavy atom. The highest BCUT2D eigenvalue weighted by molar-refractivity contribution is 5.31. The molecule has 4 nitrogen and oxygen atoms in total. The lowest BCUT2D eigenvalue weighted by molar-refractivity contribution is 0.458. The highest BCUT2D eigenvalue weighted by atomic mass is 16.5. The lowest BCUT2D eigenvalue weighted by Gasteiger charge is -2.07.